The van der Waals surface area contributed by atoms with Gasteiger partial charge in [-0.25, -0.2) is 9.97 Å². The molecule has 0 bridgehead atoms. The van der Waals surface area contributed by atoms with E-state index in [0.29, 0.717) is 11.6 Å². The molecule has 0 aliphatic heterocycles. The second-order valence-corrected chi connectivity index (χ2v) is 4.79. The molecule has 6 nitrogen and oxygen atoms in total. The quantitative estimate of drug-likeness (QED) is 0.877. The predicted molar refractivity (Wildman–Crippen MR) is 71.8 cm³/mol. The lowest BCUT2D eigenvalue weighted by Crippen LogP contribution is -2.01. The van der Waals surface area contributed by atoms with Gasteiger partial charge in [0.05, 0.1) is 16.1 Å². The molecule has 0 radical (unpaired) electrons. The van der Waals surface area contributed by atoms with E-state index in [1.165, 1.54) is 6.20 Å². The smallest absolute Gasteiger partial charge is 0.233 e. The van der Waals surface area contributed by atoms with Crippen molar-refractivity contribution in [2.24, 2.45) is 0 Å². The number of nitrogen functional groups attached to an aromatic ring is 2. The average Bonchev–Trinajstić information content (AvgIpc) is 2.75. The minimum absolute atomic E-state index is 0.128. The Hall–Kier alpha value is -1.89. The number of aryl methyl sites for hydroxylation is 2. The summed E-state index contributed by atoms with van der Waals surface area (Å²) in [6, 6.07) is 0. The monoisotopic (exact) mass is 265 g/mol. The van der Waals surface area contributed by atoms with Gasteiger partial charge in [-0.3, -0.25) is 0 Å². The van der Waals surface area contributed by atoms with Gasteiger partial charge in [0.2, 0.25) is 11.8 Å². The van der Waals surface area contributed by atoms with Crippen LogP contribution in [0.1, 0.15) is 23.7 Å². The van der Waals surface area contributed by atoms with Crippen LogP contribution in [-0.2, 0) is 12.8 Å². The van der Waals surface area contributed by atoms with Crippen molar-refractivity contribution in [2.75, 3.05) is 11.5 Å². The molecule has 96 valence electrons. The first-order valence-electron chi connectivity index (χ1n) is 5.68. The van der Waals surface area contributed by atoms with Gasteiger partial charge in [-0.05, 0) is 12.8 Å². The highest BCUT2D eigenvalue weighted by Crippen LogP contribution is 2.32. The van der Waals surface area contributed by atoms with E-state index in [9.17, 15) is 0 Å². The summed E-state index contributed by atoms with van der Waals surface area (Å²) < 4.78 is 5.66. The maximum absolute atomic E-state index is 5.72. The average molecular weight is 265 g/mol. The molecule has 2 heterocycles. The Balaban J connectivity index is 2.30. The topological polar surface area (TPSA) is 99.9 Å². The Bertz CT molecular complexity index is 554. The van der Waals surface area contributed by atoms with Crippen molar-refractivity contribution >= 4 is 23.1 Å². The van der Waals surface area contributed by atoms with Crippen molar-refractivity contribution in [3.8, 4) is 11.6 Å². The molecule has 0 aliphatic rings. The lowest BCUT2D eigenvalue weighted by Gasteiger charge is -2.06. The fraction of sp³-hybridized carbons (Fsp3) is 0.364. The van der Waals surface area contributed by atoms with Crippen LogP contribution in [0.5, 0.6) is 11.6 Å². The van der Waals surface area contributed by atoms with Gasteiger partial charge in [-0.15, -0.1) is 11.3 Å². The fourth-order valence-corrected chi connectivity index (χ4v) is 2.30. The number of aromatic nitrogens is 3. The Morgan fingerprint density at radius 3 is 2.61 bits per heavy atom. The Morgan fingerprint density at radius 2 is 2.00 bits per heavy atom. The van der Waals surface area contributed by atoms with Crippen LogP contribution in [0.25, 0.3) is 0 Å². The molecule has 7 heteroatoms. The van der Waals surface area contributed by atoms with Gasteiger partial charge < -0.3 is 16.2 Å². The zero-order valence-corrected chi connectivity index (χ0v) is 11.1. The van der Waals surface area contributed by atoms with Crippen LogP contribution in [-0.4, -0.2) is 15.0 Å². The maximum Gasteiger partial charge on any atom is 0.233 e. The molecule has 18 heavy (non-hydrogen) atoms. The van der Waals surface area contributed by atoms with E-state index in [1.54, 1.807) is 11.3 Å². The summed E-state index contributed by atoms with van der Waals surface area (Å²) in [6.45, 7) is 4.12. The molecule has 4 N–H and O–H groups in total. The molecule has 0 amide bonds. The molecule has 0 aliphatic carbocycles. The van der Waals surface area contributed by atoms with Gasteiger partial charge in [-0.1, -0.05) is 13.8 Å². The first-order chi connectivity index (χ1) is 8.63. The largest absolute Gasteiger partial charge is 0.432 e. The zero-order chi connectivity index (χ0) is 13.1. The highest BCUT2D eigenvalue weighted by molar-refractivity contribution is 7.11. The number of hydrogen-bond acceptors (Lipinski definition) is 7. The summed E-state index contributed by atoms with van der Waals surface area (Å²) in [5.74, 6) is 1.31. The predicted octanol–water partition coefficient (Wildman–Crippen LogP) is 2.01. The molecule has 0 aromatic carbocycles. The second-order valence-electron chi connectivity index (χ2n) is 3.62. The third kappa shape index (κ3) is 2.51. The van der Waals surface area contributed by atoms with E-state index in [0.717, 1.165) is 22.7 Å². The second kappa shape index (κ2) is 5.18. The Morgan fingerprint density at radius 1 is 1.22 bits per heavy atom. The van der Waals surface area contributed by atoms with Crippen molar-refractivity contribution in [1.29, 1.82) is 0 Å². The van der Waals surface area contributed by atoms with Crippen LogP contribution in [0.15, 0.2) is 6.20 Å². The van der Waals surface area contributed by atoms with Crippen molar-refractivity contribution in [3.63, 3.8) is 0 Å². The Kier molecular flexibility index (Phi) is 3.61. The number of anilines is 2. The highest BCUT2D eigenvalue weighted by Gasteiger charge is 2.13. The van der Waals surface area contributed by atoms with Crippen molar-refractivity contribution in [3.05, 3.63) is 16.1 Å². The van der Waals surface area contributed by atoms with E-state index in [4.69, 9.17) is 16.2 Å². The summed E-state index contributed by atoms with van der Waals surface area (Å²) in [6.07, 6.45) is 3.21. The fourth-order valence-electron chi connectivity index (χ4n) is 1.42. The standard InChI is InChI=1S/C11H15N5OS/c1-3-7-10(15-8(4-2)18-7)17-6-5-14-11(13)16-9(6)12/h5H,3-4H2,1-2H3,(H4,12,13,14,16). The number of rotatable bonds is 4. The minimum Gasteiger partial charge on any atom is -0.432 e. The van der Waals surface area contributed by atoms with E-state index in [2.05, 4.69) is 28.8 Å². The first kappa shape index (κ1) is 12.6. The third-order valence-corrected chi connectivity index (χ3v) is 3.66. The number of nitrogens with zero attached hydrogens (tertiary/aromatic N) is 3. The lowest BCUT2D eigenvalue weighted by atomic mass is 10.4. The van der Waals surface area contributed by atoms with Gasteiger partial charge in [0.1, 0.15) is 0 Å². The van der Waals surface area contributed by atoms with Crippen LogP contribution in [0, 0.1) is 0 Å². The molecular formula is C11H15N5OS. The van der Waals surface area contributed by atoms with Crippen molar-refractivity contribution in [2.45, 2.75) is 26.7 Å². The van der Waals surface area contributed by atoms with Gasteiger partial charge >= 0.3 is 0 Å². The molecule has 0 spiro atoms. The molecule has 0 unspecified atom stereocenters. The van der Waals surface area contributed by atoms with Crippen LogP contribution in [0.4, 0.5) is 11.8 Å². The molecule has 0 saturated carbocycles. The molecule has 0 saturated heterocycles. The number of nitrogens with two attached hydrogens (primary N) is 2. The SMILES string of the molecule is CCc1nc(Oc2cnc(N)nc2N)c(CC)s1. The third-order valence-electron chi connectivity index (χ3n) is 2.34. The van der Waals surface area contributed by atoms with Gasteiger partial charge in [-0.2, -0.15) is 4.98 Å². The molecule has 0 fully saturated rings. The summed E-state index contributed by atoms with van der Waals surface area (Å²) in [5.41, 5.74) is 11.2. The number of hydrogen-bond donors (Lipinski definition) is 2. The minimum atomic E-state index is 0.128. The van der Waals surface area contributed by atoms with Crippen LogP contribution in [0.2, 0.25) is 0 Å². The van der Waals surface area contributed by atoms with Crippen molar-refractivity contribution in [1.82, 2.24) is 15.0 Å². The van der Waals surface area contributed by atoms with Crippen LogP contribution >= 0.6 is 11.3 Å². The highest BCUT2D eigenvalue weighted by atomic mass is 32.1. The molecular weight excluding hydrogens is 250 g/mol. The van der Waals surface area contributed by atoms with Crippen molar-refractivity contribution < 1.29 is 4.74 Å². The normalized spacial score (nSPS) is 10.6. The van der Waals surface area contributed by atoms with Gasteiger partial charge in [0.15, 0.2) is 11.6 Å². The molecule has 2 aromatic heterocycles. The van der Waals surface area contributed by atoms with E-state index in [1.807, 2.05) is 0 Å². The number of ether oxygens (including phenoxy) is 1. The van der Waals surface area contributed by atoms with E-state index in [-0.39, 0.29) is 11.8 Å². The van der Waals surface area contributed by atoms with Crippen LogP contribution in [0.3, 0.4) is 0 Å². The molecule has 2 rings (SSSR count). The van der Waals surface area contributed by atoms with E-state index < -0.39 is 0 Å². The maximum atomic E-state index is 5.72. The summed E-state index contributed by atoms with van der Waals surface area (Å²) in [5, 5.41) is 1.04. The van der Waals surface area contributed by atoms with Gasteiger partial charge in [0, 0.05) is 0 Å². The summed E-state index contributed by atoms with van der Waals surface area (Å²) in [7, 11) is 0. The Labute approximate surface area is 109 Å². The summed E-state index contributed by atoms with van der Waals surface area (Å²) in [4.78, 5) is 13.2. The molecule has 0 atom stereocenters. The first-order valence-corrected chi connectivity index (χ1v) is 6.50. The lowest BCUT2D eigenvalue weighted by molar-refractivity contribution is 0.458. The summed E-state index contributed by atoms with van der Waals surface area (Å²) >= 11 is 1.65. The van der Waals surface area contributed by atoms with Crippen LogP contribution < -0.4 is 16.2 Å². The zero-order valence-electron chi connectivity index (χ0n) is 10.3. The number of thiazole rings is 1. The molecule has 2 aromatic rings. The van der Waals surface area contributed by atoms with E-state index >= 15 is 0 Å². The van der Waals surface area contributed by atoms with Gasteiger partial charge in [0.25, 0.3) is 0 Å².